The zero-order chi connectivity index (χ0) is 8.55. The Morgan fingerprint density at radius 3 is 3.00 bits per heavy atom. The lowest BCUT2D eigenvalue weighted by molar-refractivity contribution is 1.02. The summed E-state index contributed by atoms with van der Waals surface area (Å²) in [5, 5.41) is 0. The first-order valence-corrected chi connectivity index (χ1v) is 4.71. The maximum Gasteiger partial charge on any atom is 0.120 e. The van der Waals surface area contributed by atoms with E-state index in [4.69, 9.17) is 0 Å². The molecule has 1 atom stereocenters. The largest absolute Gasteiger partial charge is 0.356 e. The van der Waals surface area contributed by atoms with Gasteiger partial charge in [0.1, 0.15) is 4.95 Å². The van der Waals surface area contributed by atoms with E-state index in [1.165, 1.54) is 5.69 Å². The molecule has 0 saturated heterocycles. The quantitative estimate of drug-likeness (QED) is 0.489. The second kappa shape index (κ2) is 2.90. The molecule has 0 amide bonds. The molecule has 0 aliphatic carbocycles. The van der Waals surface area contributed by atoms with Crippen molar-refractivity contribution in [3.05, 3.63) is 24.3 Å². The number of fused-ring (bicyclic) bond motifs is 1. The normalized spacial score (nSPS) is 20.8. The second-order valence-electron chi connectivity index (χ2n) is 2.75. The van der Waals surface area contributed by atoms with Gasteiger partial charge in [-0.1, -0.05) is 28.1 Å². The molecule has 1 aliphatic rings. The van der Waals surface area contributed by atoms with E-state index in [0.29, 0.717) is 0 Å². The number of halogens is 1. The van der Waals surface area contributed by atoms with Crippen LogP contribution in [0.25, 0.3) is 0 Å². The number of nitrogens with zero attached hydrogens (tertiary/aromatic N) is 2. The number of para-hydroxylation sites is 2. The van der Waals surface area contributed by atoms with Crippen LogP contribution in [-0.2, 0) is 0 Å². The highest BCUT2D eigenvalue weighted by molar-refractivity contribution is 9.10. The van der Waals surface area contributed by atoms with Crippen molar-refractivity contribution < 1.29 is 0 Å². The highest BCUT2D eigenvalue weighted by Gasteiger charge is 2.16. The van der Waals surface area contributed by atoms with E-state index in [1.807, 2.05) is 31.5 Å². The van der Waals surface area contributed by atoms with Crippen LogP contribution in [0, 0.1) is 0 Å². The number of benzene rings is 1. The summed E-state index contributed by atoms with van der Waals surface area (Å²) < 4.78 is 0. The van der Waals surface area contributed by atoms with E-state index in [-0.39, 0.29) is 4.95 Å². The monoisotopic (exact) mass is 224 g/mol. The molecular weight excluding hydrogens is 216 g/mol. The van der Waals surface area contributed by atoms with Crippen LogP contribution < -0.4 is 4.90 Å². The smallest absolute Gasteiger partial charge is 0.120 e. The summed E-state index contributed by atoms with van der Waals surface area (Å²) >= 11 is 3.50. The van der Waals surface area contributed by atoms with Crippen LogP contribution >= 0.6 is 15.9 Å². The average molecular weight is 225 g/mol. The predicted molar refractivity (Wildman–Crippen MR) is 55.7 cm³/mol. The highest BCUT2D eigenvalue weighted by atomic mass is 79.9. The maximum absolute atomic E-state index is 4.31. The first-order chi connectivity index (χ1) is 5.79. The minimum absolute atomic E-state index is 0.215. The number of alkyl halides is 1. The number of rotatable bonds is 0. The number of aliphatic imine (C=N–C) groups is 1. The highest BCUT2D eigenvalue weighted by Crippen LogP contribution is 2.32. The second-order valence-corrected chi connectivity index (χ2v) is 3.69. The first kappa shape index (κ1) is 7.80. The van der Waals surface area contributed by atoms with E-state index in [9.17, 15) is 0 Å². The Morgan fingerprint density at radius 1 is 1.42 bits per heavy atom. The standard InChI is InChI=1S/C9H9BrN2/c1-12-8-5-3-2-4-7(8)11-6-9(12)10/h2-6,9H,1H3. The zero-order valence-electron chi connectivity index (χ0n) is 6.74. The molecule has 3 heteroatoms. The topological polar surface area (TPSA) is 15.6 Å². The molecule has 1 unspecified atom stereocenters. The van der Waals surface area contributed by atoms with Crippen molar-refractivity contribution in [2.45, 2.75) is 4.95 Å². The molecule has 62 valence electrons. The van der Waals surface area contributed by atoms with Gasteiger partial charge in [0.15, 0.2) is 0 Å². The van der Waals surface area contributed by atoms with Gasteiger partial charge in [-0.15, -0.1) is 0 Å². The van der Waals surface area contributed by atoms with Crippen molar-refractivity contribution in [2.24, 2.45) is 4.99 Å². The van der Waals surface area contributed by atoms with Gasteiger partial charge >= 0.3 is 0 Å². The molecule has 0 bridgehead atoms. The molecule has 0 aromatic heterocycles. The van der Waals surface area contributed by atoms with E-state index in [1.54, 1.807) is 0 Å². The van der Waals surface area contributed by atoms with Gasteiger partial charge in [0.25, 0.3) is 0 Å². The fourth-order valence-electron chi connectivity index (χ4n) is 1.25. The molecule has 1 aromatic rings. The third-order valence-corrected chi connectivity index (χ3v) is 2.82. The maximum atomic E-state index is 4.31. The molecule has 0 saturated carbocycles. The Kier molecular flexibility index (Phi) is 1.89. The van der Waals surface area contributed by atoms with Crippen molar-refractivity contribution >= 4 is 33.5 Å². The Balaban J connectivity index is 2.52. The summed E-state index contributed by atoms with van der Waals surface area (Å²) in [6.07, 6.45) is 1.89. The summed E-state index contributed by atoms with van der Waals surface area (Å²) in [6.45, 7) is 0. The van der Waals surface area contributed by atoms with Crippen LogP contribution in [-0.4, -0.2) is 18.2 Å². The van der Waals surface area contributed by atoms with Crippen molar-refractivity contribution in [1.82, 2.24) is 0 Å². The molecule has 1 heterocycles. The fraction of sp³-hybridized carbons (Fsp3) is 0.222. The van der Waals surface area contributed by atoms with Crippen LogP contribution in [0.15, 0.2) is 29.3 Å². The summed E-state index contributed by atoms with van der Waals surface area (Å²) in [7, 11) is 2.05. The van der Waals surface area contributed by atoms with Crippen molar-refractivity contribution in [1.29, 1.82) is 0 Å². The van der Waals surface area contributed by atoms with Crippen LogP contribution in [0.1, 0.15) is 0 Å². The predicted octanol–water partition coefficient (Wildman–Crippen LogP) is 2.56. The Bertz CT molecular complexity index is 322. The van der Waals surface area contributed by atoms with Crippen molar-refractivity contribution in [3.8, 4) is 0 Å². The summed E-state index contributed by atoms with van der Waals surface area (Å²) in [5.74, 6) is 0. The zero-order valence-corrected chi connectivity index (χ0v) is 8.32. The number of anilines is 1. The lowest BCUT2D eigenvalue weighted by Crippen LogP contribution is -2.29. The summed E-state index contributed by atoms with van der Waals surface area (Å²) in [5.41, 5.74) is 2.21. The Morgan fingerprint density at radius 2 is 2.17 bits per heavy atom. The molecule has 2 rings (SSSR count). The average Bonchev–Trinajstić information content (AvgIpc) is 2.12. The van der Waals surface area contributed by atoms with Crippen LogP contribution in [0.3, 0.4) is 0 Å². The minimum Gasteiger partial charge on any atom is -0.356 e. The van der Waals surface area contributed by atoms with Crippen LogP contribution in [0.4, 0.5) is 11.4 Å². The molecule has 2 nitrogen and oxygen atoms in total. The molecule has 12 heavy (non-hydrogen) atoms. The molecule has 0 fully saturated rings. The fourth-order valence-corrected chi connectivity index (χ4v) is 1.59. The van der Waals surface area contributed by atoms with E-state index < -0.39 is 0 Å². The lowest BCUT2D eigenvalue weighted by atomic mass is 10.2. The molecule has 0 N–H and O–H groups in total. The van der Waals surface area contributed by atoms with Crippen molar-refractivity contribution in [3.63, 3.8) is 0 Å². The number of hydrogen-bond donors (Lipinski definition) is 0. The molecule has 1 aromatic carbocycles. The van der Waals surface area contributed by atoms with Gasteiger partial charge in [0.2, 0.25) is 0 Å². The summed E-state index contributed by atoms with van der Waals surface area (Å²) in [6, 6.07) is 8.11. The van der Waals surface area contributed by atoms with Gasteiger partial charge in [-0.2, -0.15) is 0 Å². The van der Waals surface area contributed by atoms with E-state index >= 15 is 0 Å². The summed E-state index contributed by atoms with van der Waals surface area (Å²) in [4.78, 5) is 6.67. The SMILES string of the molecule is CN1c2ccccc2N=CC1Br. The lowest BCUT2D eigenvalue weighted by Gasteiger charge is -2.27. The van der Waals surface area contributed by atoms with Gasteiger partial charge < -0.3 is 4.90 Å². The minimum atomic E-state index is 0.215. The van der Waals surface area contributed by atoms with Gasteiger partial charge in [0, 0.05) is 13.3 Å². The van der Waals surface area contributed by atoms with Crippen molar-refractivity contribution in [2.75, 3.05) is 11.9 Å². The van der Waals surface area contributed by atoms with Crippen LogP contribution in [0.2, 0.25) is 0 Å². The van der Waals surface area contributed by atoms with Gasteiger partial charge in [-0.3, -0.25) is 4.99 Å². The third kappa shape index (κ3) is 1.14. The number of hydrogen-bond acceptors (Lipinski definition) is 2. The molecule has 0 spiro atoms. The third-order valence-electron chi connectivity index (χ3n) is 1.97. The Labute approximate surface area is 80.0 Å². The van der Waals surface area contributed by atoms with E-state index in [2.05, 4.69) is 31.9 Å². The first-order valence-electron chi connectivity index (χ1n) is 3.79. The van der Waals surface area contributed by atoms with Gasteiger partial charge in [0.05, 0.1) is 11.4 Å². The van der Waals surface area contributed by atoms with Crippen LogP contribution in [0.5, 0.6) is 0 Å². The molecule has 1 aliphatic heterocycles. The van der Waals surface area contributed by atoms with Gasteiger partial charge in [-0.05, 0) is 12.1 Å². The molecular formula is C9H9BrN2. The Hall–Kier alpha value is -0.830. The van der Waals surface area contributed by atoms with Gasteiger partial charge in [-0.25, -0.2) is 0 Å². The van der Waals surface area contributed by atoms with E-state index in [0.717, 1.165) is 5.69 Å². The molecule has 0 radical (unpaired) electrons.